The number of nitrogens with zero attached hydrogens (tertiary/aromatic N) is 1. The minimum Gasteiger partial charge on any atom is -0.349 e. The maximum Gasteiger partial charge on any atom is 0.254 e. The van der Waals surface area contributed by atoms with E-state index in [1.165, 1.54) is 11.3 Å². The van der Waals surface area contributed by atoms with E-state index >= 15 is 0 Å². The Kier molecular flexibility index (Phi) is 4.46. The van der Waals surface area contributed by atoms with Crippen LogP contribution in [0.15, 0.2) is 41.8 Å². The summed E-state index contributed by atoms with van der Waals surface area (Å²) < 4.78 is 0. The normalized spacial score (nSPS) is 19.5. The number of anilines is 2. The van der Waals surface area contributed by atoms with Crippen molar-refractivity contribution in [3.05, 3.63) is 47.3 Å². The maximum absolute atomic E-state index is 12.6. The molecule has 134 valence electrons. The van der Waals surface area contributed by atoms with Crippen molar-refractivity contribution >= 4 is 39.7 Å². The van der Waals surface area contributed by atoms with Gasteiger partial charge in [-0.3, -0.25) is 14.4 Å². The van der Waals surface area contributed by atoms with Gasteiger partial charge in [-0.15, -0.1) is 11.3 Å². The van der Waals surface area contributed by atoms with Gasteiger partial charge in [-0.25, -0.2) is 0 Å². The van der Waals surface area contributed by atoms with Gasteiger partial charge in [0.15, 0.2) is 0 Å². The summed E-state index contributed by atoms with van der Waals surface area (Å²) in [6.45, 7) is 0.351. The van der Waals surface area contributed by atoms with Gasteiger partial charge >= 0.3 is 0 Å². The van der Waals surface area contributed by atoms with Gasteiger partial charge in [-0.05, 0) is 36.4 Å². The molecule has 1 unspecified atom stereocenters. The summed E-state index contributed by atoms with van der Waals surface area (Å²) in [4.78, 5) is 38.8. The minimum absolute atomic E-state index is 0.0609. The summed E-state index contributed by atoms with van der Waals surface area (Å²) in [5.74, 6) is -0.865. The van der Waals surface area contributed by atoms with Crippen LogP contribution in [0.3, 0.4) is 0 Å². The lowest BCUT2D eigenvalue weighted by atomic mass is 10.1. The van der Waals surface area contributed by atoms with Gasteiger partial charge in [0.2, 0.25) is 11.8 Å². The van der Waals surface area contributed by atoms with E-state index in [1.807, 2.05) is 30.3 Å². The standard InChI is InChI=1S/C19H19N3O3S/c23-16-10-12(11-22(16)14-4-2-1-3-5-14)17(24)21-19-15(8-9-26-19)18(25)20-13-6-7-13/h1-5,8-9,12-13H,6-7,10-11H2,(H,20,25)(H,21,24). The topological polar surface area (TPSA) is 78.5 Å². The number of nitrogens with one attached hydrogen (secondary N) is 2. The molecule has 3 amide bonds. The maximum atomic E-state index is 12.6. The van der Waals surface area contributed by atoms with E-state index in [2.05, 4.69) is 10.6 Å². The van der Waals surface area contributed by atoms with Gasteiger partial charge in [-0.2, -0.15) is 0 Å². The minimum atomic E-state index is -0.427. The monoisotopic (exact) mass is 369 g/mol. The molecule has 2 heterocycles. The molecule has 1 saturated carbocycles. The van der Waals surface area contributed by atoms with Crippen molar-refractivity contribution in [2.45, 2.75) is 25.3 Å². The Morgan fingerprint density at radius 1 is 1.12 bits per heavy atom. The Morgan fingerprint density at radius 3 is 2.62 bits per heavy atom. The van der Waals surface area contributed by atoms with Crippen molar-refractivity contribution in [2.75, 3.05) is 16.8 Å². The molecule has 1 aromatic heterocycles. The highest BCUT2D eigenvalue weighted by atomic mass is 32.1. The molecule has 1 atom stereocenters. The number of hydrogen-bond donors (Lipinski definition) is 2. The SMILES string of the molecule is O=C(NC1CC1)c1ccsc1NC(=O)C1CC(=O)N(c2ccccc2)C1. The molecule has 1 saturated heterocycles. The van der Waals surface area contributed by atoms with Crippen LogP contribution >= 0.6 is 11.3 Å². The molecular weight excluding hydrogens is 350 g/mol. The molecule has 7 heteroatoms. The van der Waals surface area contributed by atoms with E-state index in [-0.39, 0.29) is 30.2 Å². The molecule has 1 aliphatic carbocycles. The summed E-state index contributed by atoms with van der Waals surface area (Å²) in [7, 11) is 0. The van der Waals surface area contributed by atoms with E-state index in [1.54, 1.807) is 16.3 Å². The molecule has 0 bridgehead atoms. The Balaban J connectivity index is 1.42. The van der Waals surface area contributed by atoms with E-state index < -0.39 is 5.92 Å². The summed E-state index contributed by atoms with van der Waals surface area (Å²) in [6.07, 6.45) is 2.20. The van der Waals surface area contributed by atoms with Crippen LogP contribution in [0.5, 0.6) is 0 Å². The highest BCUT2D eigenvalue weighted by Crippen LogP contribution is 2.29. The fourth-order valence-electron chi connectivity index (χ4n) is 3.03. The fourth-order valence-corrected chi connectivity index (χ4v) is 3.82. The van der Waals surface area contributed by atoms with Gasteiger partial charge < -0.3 is 15.5 Å². The third-order valence-electron chi connectivity index (χ3n) is 4.62. The number of rotatable bonds is 5. The molecule has 2 N–H and O–H groups in total. The molecule has 6 nitrogen and oxygen atoms in total. The van der Waals surface area contributed by atoms with Crippen LogP contribution in [0.4, 0.5) is 10.7 Å². The molecule has 2 aromatic rings. The van der Waals surface area contributed by atoms with Gasteiger partial charge in [-0.1, -0.05) is 18.2 Å². The predicted molar refractivity (Wildman–Crippen MR) is 100 cm³/mol. The predicted octanol–water partition coefficient (Wildman–Crippen LogP) is 2.63. The van der Waals surface area contributed by atoms with Crippen molar-refractivity contribution in [3.8, 4) is 0 Å². The number of carbonyl (C=O) groups excluding carboxylic acids is 3. The second-order valence-electron chi connectivity index (χ2n) is 6.64. The van der Waals surface area contributed by atoms with Crippen LogP contribution in [0.25, 0.3) is 0 Å². The van der Waals surface area contributed by atoms with E-state index in [0.29, 0.717) is 17.1 Å². The average Bonchev–Trinajstić information content (AvgIpc) is 3.17. The number of amides is 3. The smallest absolute Gasteiger partial charge is 0.254 e. The van der Waals surface area contributed by atoms with Crippen molar-refractivity contribution in [2.24, 2.45) is 5.92 Å². The first-order valence-corrected chi connectivity index (χ1v) is 9.54. The van der Waals surface area contributed by atoms with E-state index in [4.69, 9.17) is 0 Å². The van der Waals surface area contributed by atoms with Crippen molar-refractivity contribution in [1.29, 1.82) is 0 Å². The first kappa shape index (κ1) is 16.8. The highest BCUT2D eigenvalue weighted by molar-refractivity contribution is 7.14. The summed E-state index contributed by atoms with van der Waals surface area (Å²) in [5.41, 5.74) is 1.29. The van der Waals surface area contributed by atoms with Gasteiger partial charge in [0.25, 0.3) is 5.91 Å². The molecule has 26 heavy (non-hydrogen) atoms. The zero-order chi connectivity index (χ0) is 18.1. The molecule has 2 aliphatic rings. The lowest BCUT2D eigenvalue weighted by Crippen LogP contribution is -2.29. The number of thiophene rings is 1. The Bertz CT molecular complexity index is 845. The second kappa shape index (κ2) is 6.92. The average molecular weight is 369 g/mol. The molecular formula is C19H19N3O3S. The van der Waals surface area contributed by atoms with E-state index in [0.717, 1.165) is 18.5 Å². The summed E-state index contributed by atoms with van der Waals surface area (Å²) in [5, 5.41) is 8.09. The fraction of sp³-hybridized carbons (Fsp3) is 0.316. The van der Waals surface area contributed by atoms with Crippen LogP contribution in [-0.2, 0) is 9.59 Å². The molecule has 4 rings (SSSR count). The summed E-state index contributed by atoms with van der Waals surface area (Å²) >= 11 is 1.32. The third kappa shape index (κ3) is 3.48. The third-order valence-corrected chi connectivity index (χ3v) is 5.45. The number of benzene rings is 1. The number of hydrogen-bond acceptors (Lipinski definition) is 4. The van der Waals surface area contributed by atoms with E-state index in [9.17, 15) is 14.4 Å². The van der Waals surface area contributed by atoms with Crippen LogP contribution < -0.4 is 15.5 Å². The van der Waals surface area contributed by atoms with Crippen LogP contribution in [0.2, 0.25) is 0 Å². The Labute approximate surface area is 155 Å². The zero-order valence-corrected chi connectivity index (χ0v) is 14.9. The largest absolute Gasteiger partial charge is 0.349 e. The second-order valence-corrected chi connectivity index (χ2v) is 7.56. The van der Waals surface area contributed by atoms with Crippen LogP contribution in [0.1, 0.15) is 29.6 Å². The Morgan fingerprint density at radius 2 is 1.88 bits per heavy atom. The first-order valence-electron chi connectivity index (χ1n) is 8.66. The van der Waals surface area contributed by atoms with Crippen LogP contribution in [-0.4, -0.2) is 30.3 Å². The molecule has 1 aromatic carbocycles. The van der Waals surface area contributed by atoms with Crippen molar-refractivity contribution in [3.63, 3.8) is 0 Å². The van der Waals surface area contributed by atoms with Gasteiger partial charge in [0.1, 0.15) is 5.00 Å². The lowest BCUT2D eigenvalue weighted by molar-refractivity contribution is -0.122. The van der Waals surface area contributed by atoms with Crippen molar-refractivity contribution in [1.82, 2.24) is 5.32 Å². The van der Waals surface area contributed by atoms with Gasteiger partial charge in [0.05, 0.1) is 11.5 Å². The van der Waals surface area contributed by atoms with Crippen LogP contribution in [0, 0.1) is 5.92 Å². The molecule has 2 fully saturated rings. The van der Waals surface area contributed by atoms with Crippen molar-refractivity contribution < 1.29 is 14.4 Å². The molecule has 0 radical (unpaired) electrons. The summed E-state index contributed by atoms with van der Waals surface area (Å²) in [6, 6.07) is 11.3. The lowest BCUT2D eigenvalue weighted by Gasteiger charge is -2.16. The Hall–Kier alpha value is -2.67. The number of carbonyl (C=O) groups is 3. The number of para-hydroxylation sites is 1. The molecule has 0 spiro atoms. The molecule has 1 aliphatic heterocycles. The quantitative estimate of drug-likeness (QED) is 0.850. The first-order chi connectivity index (χ1) is 12.6. The highest BCUT2D eigenvalue weighted by Gasteiger charge is 2.35. The van der Waals surface area contributed by atoms with Gasteiger partial charge in [0, 0.05) is 24.7 Å². The zero-order valence-electron chi connectivity index (χ0n) is 14.1.